The molecular formula is C15H19FN2O2. The maximum atomic E-state index is 13.3. The SMILES string of the molecule is CC(C)CCn1c(CCC(=O)O)nc2cc(F)ccc21. The summed E-state index contributed by atoms with van der Waals surface area (Å²) in [5.74, 6) is 0.0864. The van der Waals surface area contributed by atoms with Crippen molar-refractivity contribution in [3.63, 3.8) is 0 Å². The Balaban J connectivity index is 2.36. The summed E-state index contributed by atoms with van der Waals surface area (Å²) in [6.45, 7) is 5.04. The van der Waals surface area contributed by atoms with Gasteiger partial charge in [0.1, 0.15) is 11.6 Å². The zero-order valence-electron chi connectivity index (χ0n) is 11.8. The number of imidazole rings is 1. The molecule has 1 heterocycles. The highest BCUT2D eigenvalue weighted by molar-refractivity contribution is 5.76. The van der Waals surface area contributed by atoms with Crippen LogP contribution in [0.25, 0.3) is 11.0 Å². The summed E-state index contributed by atoms with van der Waals surface area (Å²) in [7, 11) is 0. The number of aromatic nitrogens is 2. The van der Waals surface area contributed by atoms with E-state index < -0.39 is 5.97 Å². The van der Waals surface area contributed by atoms with E-state index in [-0.39, 0.29) is 12.2 Å². The van der Waals surface area contributed by atoms with Gasteiger partial charge in [0.2, 0.25) is 0 Å². The van der Waals surface area contributed by atoms with Crippen molar-refractivity contribution >= 4 is 17.0 Å². The molecule has 0 fully saturated rings. The Hall–Kier alpha value is -1.91. The molecule has 5 heteroatoms. The molecule has 0 bridgehead atoms. The predicted octanol–water partition coefficient (Wildman–Crippen LogP) is 3.24. The van der Waals surface area contributed by atoms with Gasteiger partial charge in [-0.05, 0) is 24.5 Å². The Kier molecular flexibility index (Phi) is 4.37. The highest BCUT2D eigenvalue weighted by Gasteiger charge is 2.13. The molecular weight excluding hydrogens is 259 g/mol. The fourth-order valence-corrected chi connectivity index (χ4v) is 2.20. The van der Waals surface area contributed by atoms with Crippen LogP contribution in [0.1, 0.15) is 32.5 Å². The van der Waals surface area contributed by atoms with Crippen molar-refractivity contribution in [1.29, 1.82) is 0 Å². The minimum atomic E-state index is -0.848. The standard InChI is InChI=1S/C15H19FN2O2/c1-10(2)7-8-18-13-4-3-11(16)9-12(13)17-14(18)5-6-15(19)20/h3-4,9-10H,5-8H2,1-2H3,(H,19,20). The molecule has 0 aliphatic carbocycles. The van der Waals surface area contributed by atoms with Crippen LogP contribution >= 0.6 is 0 Å². The zero-order valence-corrected chi connectivity index (χ0v) is 11.8. The molecule has 1 N–H and O–H groups in total. The van der Waals surface area contributed by atoms with Gasteiger partial charge in [-0.25, -0.2) is 9.37 Å². The summed E-state index contributed by atoms with van der Waals surface area (Å²) in [6, 6.07) is 4.52. The van der Waals surface area contributed by atoms with E-state index in [1.165, 1.54) is 12.1 Å². The molecule has 0 unspecified atom stereocenters. The van der Waals surface area contributed by atoms with Crippen LogP contribution in [-0.4, -0.2) is 20.6 Å². The Morgan fingerprint density at radius 3 is 2.85 bits per heavy atom. The third-order valence-corrected chi connectivity index (χ3v) is 3.28. The Bertz CT molecular complexity index is 620. The van der Waals surface area contributed by atoms with Gasteiger partial charge in [0.05, 0.1) is 17.5 Å². The molecule has 0 amide bonds. The number of aryl methyl sites for hydroxylation is 2. The van der Waals surface area contributed by atoms with Crippen LogP contribution < -0.4 is 0 Å². The van der Waals surface area contributed by atoms with Crippen LogP contribution in [0.2, 0.25) is 0 Å². The molecule has 0 radical (unpaired) electrons. The molecule has 1 aromatic carbocycles. The van der Waals surface area contributed by atoms with Gasteiger partial charge in [0.15, 0.2) is 0 Å². The predicted molar refractivity (Wildman–Crippen MR) is 75.1 cm³/mol. The monoisotopic (exact) mass is 278 g/mol. The van der Waals surface area contributed by atoms with E-state index in [1.54, 1.807) is 6.07 Å². The Morgan fingerprint density at radius 1 is 1.45 bits per heavy atom. The van der Waals surface area contributed by atoms with Gasteiger partial charge in [-0.3, -0.25) is 4.79 Å². The third-order valence-electron chi connectivity index (χ3n) is 3.28. The lowest BCUT2D eigenvalue weighted by Gasteiger charge is -2.10. The number of carboxylic acid groups (broad SMARTS) is 1. The molecule has 0 aliphatic rings. The van der Waals surface area contributed by atoms with Crippen LogP contribution in [0.15, 0.2) is 18.2 Å². The van der Waals surface area contributed by atoms with Gasteiger partial charge in [-0.2, -0.15) is 0 Å². The first-order chi connectivity index (χ1) is 9.47. The Morgan fingerprint density at radius 2 is 2.20 bits per heavy atom. The normalized spacial score (nSPS) is 11.4. The number of fused-ring (bicyclic) bond motifs is 1. The van der Waals surface area contributed by atoms with Gasteiger partial charge in [0, 0.05) is 19.0 Å². The van der Waals surface area contributed by atoms with E-state index in [0.29, 0.717) is 23.7 Å². The first-order valence-electron chi connectivity index (χ1n) is 6.84. The quantitative estimate of drug-likeness (QED) is 0.882. The maximum Gasteiger partial charge on any atom is 0.303 e. The second kappa shape index (κ2) is 6.03. The summed E-state index contributed by atoms with van der Waals surface area (Å²) in [5.41, 5.74) is 1.46. The largest absolute Gasteiger partial charge is 0.481 e. The maximum absolute atomic E-state index is 13.3. The summed E-state index contributed by atoms with van der Waals surface area (Å²) < 4.78 is 15.3. The first-order valence-corrected chi connectivity index (χ1v) is 6.84. The smallest absolute Gasteiger partial charge is 0.303 e. The van der Waals surface area contributed by atoms with Gasteiger partial charge in [-0.1, -0.05) is 13.8 Å². The number of rotatable bonds is 6. The van der Waals surface area contributed by atoms with Gasteiger partial charge >= 0.3 is 5.97 Å². The fraction of sp³-hybridized carbons (Fsp3) is 0.467. The number of carboxylic acids is 1. The lowest BCUT2D eigenvalue weighted by molar-refractivity contribution is -0.137. The molecule has 2 rings (SSSR count). The van der Waals surface area contributed by atoms with E-state index in [0.717, 1.165) is 18.5 Å². The highest BCUT2D eigenvalue weighted by Crippen LogP contribution is 2.20. The van der Waals surface area contributed by atoms with Crippen molar-refractivity contribution in [2.45, 2.75) is 39.7 Å². The molecule has 20 heavy (non-hydrogen) atoms. The number of halogens is 1. The van der Waals surface area contributed by atoms with E-state index in [2.05, 4.69) is 18.8 Å². The van der Waals surface area contributed by atoms with Crippen molar-refractivity contribution in [2.75, 3.05) is 0 Å². The molecule has 108 valence electrons. The van der Waals surface area contributed by atoms with Crippen molar-refractivity contribution in [1.82, 2.24) is 9.55 Å². The summed E-state index contributed by atoms with van der Waals surface area (Å²) in [4.78, 5) is 15.1. The van der Waals surface area contributed by atoms with Gasteiger partial charge in [-0.15, -0.1) is 0 Å². The Labute approximate surface area is 117 Å². The van der Waals surface area contributed by atoms with Crippen LogP contribution in [0.4, 0.5) is 4.39 Å². The average Bonchev–Trinajstić information content (AvgIpc) is 2.70. The number of aliphatic carboxylic acids is 1. The molecule has 0 spiro atoms. The summed E-state index contributed by atoms with van der Waals surface area (Å²) in [6.07, 6.45) is 1.38. The molecule has 1 aromatic heterocycles. The molecule has 0 saturated heterocycles. The molecule has 0 atom stereocenters. The molecule has 0 saturated carbocycles. The number of hydrogen-bond acceptors (Lipinski definition) is 2. The number of nitrogens with zero attached hydrogens (tertiary/aromatic N) is 2. The van der Waals surface area contributed by atoms with Gasteiger partial charge in [0.25, 0.3) is 0 Å². The van der Waals surface area contributed by atoms with Crippen molar-refractivity contribution in [3.05, 3.63) is 29.8 Å². The lowest BCUT2D eigenvalue weighted by atomic mass is 10.1. The van der Waals surface area contributed by atoms with Crippen LogP contribution in [-0.2, 0) is 17.8 Å². The molecule has 2 aromatic rings. The highest BCUT2D eigenvalue weighted by atomic mass is 19.1. The average molecular weight is 278 g/mol. The summed E-state index contributed by atoms with van der Waals surface area (Å²) in [5, 5.41) is 8.81. The van der Waals surface area contributed by atoms with E-state index in [9.17, 15) is 9.18 Å². The van der Waals surface area contributed by atoms with E-state index >= 15 is 0 Å². The molecule has 4 nitrogen and oxygen atoms in total. The second-order valence-electron chi connectivity index (χ2n) is 5.39. The summed E-state index contributed by atoms with van der Waals surface area (Å²) >= 11 is 0. The lowest BCUT2D eigenvalue weighted by Crippen LogP contribution is -2.08. The minimum Gasteiger partial charge on any atom is -0.481 e. The van der Waals surface area contributed by atoms with Crippen molar-refractivity contribution < 1.29 is 14.3 Å². The minimum absolute atomic E-state index is 0.0352. The number of hydrogen-bond donors (Lipinski definition) is 1. The third kappa shape index (κ3) is 3.35. The second-order valence-corrected chi connectivity index (χ2v) is 5.39. The first kappa shape index (κ1) is 14.5. The van der Waals surface area contributed by atoms with Gasteiger partial charge < -0.3 is 9.67 Å². The van der Waals surface area contributed by atoms with Crippen molar-refractivity contribution in [2.24, 2.45) is 5.92 Å². The van der Waals surface area contributed by atoms with Crippen LogP contribution in [0.5, 0.6) is 0 Å². The van der Waals surface area contributed by atoms with Crippen LogP contribution in [0, 0.1) is 11.7 Å². The number of carbonyl (C=O) groups is 1. The molecule has 0 aliphatic heterocycles. The topological polar surface area (TPSA) is 55.1 Å². The zero-order chi connectivity index (χ0) is 14.7. The number of benzene rings is 1. The van der Waals surface area contributed by atoms with Crippen molar-refractivity contribution in [3.8, 4) is 0 Å². The van der Waals surface area contributed by atoms with E-state index in [1.807, 2.05) is 4.57 Å². The fourth-order valence-electron chi connectivity index (χ4n) is 2.20. The van der Waals surface area contributed by atoms with Crippen LogP contribution in [0.3, 0.4) is 0 Å². The van der Waals surface area contributed by atoms with E-state index in [4.69, 9.17) is 5.11 Å².